The van der Waals surface area contributed by atoms with Crippen LogP contribution in [0.25, 0.3) is 0 Å². The van der Waals surface area contributed by atoms with Gasteiger partial charge in [-0.15, -0.1) is 0 Å². The van der Waals surface area contributed by atoms with Crippen LogP contribution < -0.4 is 5.32 Å². The van der Waals surface area contributed by atoms with Crippen molar-refractivity contribution in [1.82, 2.24) is 14.5 Å². The van der Waals surface area contributed by atoms with Crippen LogP contribution in [-0.2, 0) is 14.8 Å². The lowest BCUT2D eigenvalue weighted by molar-refractivity contribution is -0.131. The van der Waals surface area contributed by atoms with Crippen molar-refractivity contribution in [2.75, 3.05) is 38.5 Å². The maximum absolute atomic E-state index is 11.9. The van der Waals surface area contributed by atoms with E-state index in [-0.39, 0.29) is 17.7 Å². The number of amides is 1. The van der Waals surface area contributed by atoms with Gasteiger partial charge in [-0.1, -0.05) is 20.8 Å². The summed E-state index contributed by atoms with van der Waals surface area (Å²) in [5, 5.41) is 3.08. The Balaban J connectivity index is 2.42. The van der Waals surface area contributed by atoms with Gasteiger partial charge in [0, 0.05) is 32.2 Å². The molecule has 0 aromatic carbocycles. The third-order valence-electron chi connectivity index (χ3n) is 3.11. The highest BCUT2D eigenvalue weighted by atomic mass is 32.2. The number of sulfonamides is 1. The molecule has 0 unspecified atom stereocenters. The highest BCUT2D eigenvalue weighted by molar-refractivity contribution is 7.89. The van der Waals surface area contributed by atoms with Crippen LogP contribution in [0.4, 0.5) is 0 Å². The van der Waals surface area contributed by atoms with Crippen molar-refractivity contribution in [3.63, 3.8) is 0 Å². The molecule has 0 aromatic heterocycles. The fraction of sp³-hybridized carbons (Fsp3) is 0.917. The zero-order valence-corrected chi connectivity index (χ0v) is 12.9. The molecular weight excluding hydrogens is 266 g/mol. The first kappa shape index (κ1) is 16.4. The van der Waals surface area contributed by atoms with Crippen LogP contribution in [0.5, 0.6) is 0 Å². The largest absolute Gasteiger partial charge is 0.339 e. The van der Waals surface area contributed by atoms with Gasteiger partial charge in [0.2, 0.25) is 15.9 Å². The van der Waals surface area contributed by atoms with E-state index >= 15 is 0 Å². The number of nitrogens with zero attached hydrogens (tertiary/aromatic N) is 2. The van der Waals surface area contributed by atoms with Gasteiger partial charge in [-0.05, 0) is 6.42 Å². The summed E-state index contributed by atoms with van der Waals surface area (Å²) >= 11 is 0. The molecule has 6 nitrogen and oxygen atoms in total. The summed E-state index contributed by atoms with van der Waals surface area (Å²) in [6.45, 7) is 7.95. The number of hydrogen-bond donors (Lipinski definition) is 1. The van der Waals surface area contributed by atoms with Crippen LogP contribution in [0.2, 0.25) is 0 Å². The predicted octanol–water partition coefficient (Wildman–Crippen LogP) is -0.132. The van der Waals surface area contributed by atoms with Crippen molar-refractivity contribution in [3.8, 4) is 0 Å². The third-order valence-corrected chi connectivity index (χ3v) is 5.18. The number of hydrogen-bond acceptors (Lipinski definition) is 4. The Kier molecular flexibility index (Phi) is 6.22. The van der Waals surface area contributed by atoms with E-state index in [1.54, 1.807) is 4.90 Å². The molecule has 1 heterocycles. The zero-order chi connectivity index (χ0) is 14.5. The van der Waals surface area contributed by atoms with E-state index in [0.29, 0.717) is 39.1 Å². The SMILES string of the molecule is CCCS(=O)(=O)N1CCN(C(=O)CNC(C)C)CC1. The molecule has 1 amide bonds. The number of nitrogens with one attached hydrogen (secondary N) is 1. The second kappa shape index (κ2) is 7.21. The molecule has 7 heteroatoms. The van der Waals surface area contributed by atoms with Gasteiger partial charge >= 0.3 is 0 Å². The molecule has 1 aliphatic heterocycles. The van der Waals surface area contributed by atoms with Gasteiger partial charge in [0.15, 0.2) is 0 Å². The average molecular weight is 291 g/mol. The monoisotopic (exact) mass is 291 g/mol. The fourth-order valence-corrected chi connectivity index (χ4v) is 3.50. The second-order valence-corrected chi connectivity index (χ2v) is 7.22. The minimum atomic E-state index is -3.13. The molecule has 19 heavy (non-hydrogen) atoms. The highest BCUT2D eigenvalue weighted by Crippen LogP contribution is 2.09. The summed E-state index contributed by atoms with van der Waals surface area (Å²) in [5.74, 6) is 0.233. The first-order chi connectivity index (χ1) is 8.86. The van der Waals surface area contributed by atoms with Crippen molar-refractivity contribution < 1.29 is 13.2 Å². The molecule has 1 saturated heterocycles. The molecule has 0 saturated carbocycles. The van der Waals surface area contributed by atoms with Crippen LogP contribution >= 0.6 is 0 Å². The van der Waals surface area contributed by atoms with Gasteiger partial charge in [0.05, 0.1) is 12.3 Å². The topological polar surface area (TPSA) is 69.7 Å². The van der Waals surface area contributed by atoms with Crippen molar-refractivity contribution in [2.24, 2.45) is 0 Å². The van der Waals surface area contributed by atoms with Crippen molar-refractivity contribution in [1.29, 1.82) is 0 Å². The van der Waals surface area contributed by atoms with Gasteiger partial charge in [-0.25, -0.2) is 8.42 Å². The standard InChI is InChI=1S/C12H25N3O3S/c1-4-9-19(17,18)15-7-5-14(6-8-15)12(16)10-13-11(2)3/h11,13H,4-10H2,1-3H3. The highest BCUT2D eigenvalue weighted by Gasteiger charge is 2.27. The summed E-state index contributed by atoms with van der Waals surface area (Å²) in [6, 6.07) is 0.273. The molecule has 0 aliphatic carbocycles. The molecule has 0 radical (unpaired) electrons. The van der Waals surface area contributed by atoms with E-state index in [9.17, 15) is 13.2 Å². The molecule has 0 aromatic rings. The summed E-state index contributed by atoms with van der Waals surface area (Å²) in [7, 11) is -3.13. The second-order valence-electron chi connectivity index (χ2n) is 5.13. The molecule has 112 valence electrons. The summed E-state index contributed by atoms with van der Waals surface area (Å²) in [5.41, 5.74) is 0. The molecule has 1 rings (SSSR count). The minimum absolute atomic E-state index is 0.0428. The summed E-state index contributed by atoms with van der Waals surface area (Å²) in [4.78, 5) is 13.6. The number of carbonyl (C=O) groups is 1. The van der Waals surface area contributed by atoms with Gasteiger partial charge < -0.3 is 10.2 Å². The van der Waals surface area contributed by atoms with Gasteiger partial charge in [0.25, 0.3) is 0 Å². The first-order valence-corrected chi connectivity index (χ1v) is 8.46. The molecule has 0 spiro atoms. The lowest BCUT2D eigenvalue weighted by Gasteiger charge is -2.34. The zero-order valence-electron chi connectivity index (χ0n) is 12.1. The lowest BCUT2D eigenvalue weighted by atomic mass is 10.3. The van der Waals surface area contributed by atoms with Crippen LogP contribution in [0.3, 0.4) is 0 Å². The maximum atomic E-state index is 11.9. The summed E-state index contributed by atoms with van der Waals surface area (Å²) in [6.07, 6.45) is 0.625. The predicted molar refractivity (Wildman–Crippen MR) is 75.4 cm³/mol. The van der Waals surface area contributed by atoms with E-state index < -0.39 is 10.0 Å². The van der Waals surface area contributed by atoms with Crippen LogP contribution in [0.15, 0.2) is 0 Å². The van der Waals surface area contributed by atoms with Crippen LogP contribution in [0.1, 0.15) is 27.2 Å². The maximum Gasteiger partial charge on any atom is 0.236 e. The third kappa shape index (κ3) is 5.08. The summed E-state index contributed by atoms with van der Waals surface area (Å²) < 4.78 is 25.3. The lowest BCUT2D eigenvalue weighted by Crippen LogP contribution is -2.52. The molecule has 0 atom stereocenters. The van der Waals surface area contributed by atoms with Crippen LogP contribution in [-0.4, -0.2) is 68.0 Å². The quantitative estimate of drug-likeness (QED) is 0.740. The van der Waals surface area contributed by atoms with Crippen molar-refractivity contribution in [3.05, 3.63) is 0 Å². The van der Waals surface area contributed by atoms with Crippen LogP contribution in [0, 0.1) is 0 Å². The molecule has 1 aliphatic rings. The molecule has 0 bridgehead atoms. The normalized spacial score (nSPS) is 18.0. The Morgan fingerprint density at radius 3 is 2.26 bits per heavy atom. The first-order valence-electron chi connectivity index (χ1n) is 6.85. The molecule has 1 fully saturated rings. The van der Waals surface area contributed by atoms with Crippen molar-refractivity contribution >= 4 is 15.9 Å². The Bertz CT molecular complexity index is 387. The smallest absolute Gasteiger partial charge is 0.236 e. The molecule has 1 N–H and O–H groups in total. The van der Waals surface area contributed by atoms with Gasteiger partial charge in [-0.2, -0.15) is 4.31 Å². The Morgan fingerprint density at radius 1 is 1.21 bits per heavy atom. The van der Waals surface area contributed by atoms with E-state index in [4.69, 9.17) is 0 Å². The van der Waals surface area contributed by atoms with Crippen molar-refractivity contribution in [2.45, 2.75) is 33.2 Å². The van der Waals surface area contributed by atoms with Gasteiger partial charge in [-0.3, -0.25) is 4.79 Å². The fourth-order valence-electron chi connectivity index (χ4n) is 2.01. The Labute approximate surface area is 116 Å². The van der Waals surface area contributed by atoms with E-state index in [0.717, 1.165) is 0 Å². The Hall–Kier alpha value is -0.660. The number of rotatable bonds is 6. The van der Waals surface area contributed by atoms with E-state index in [1.165, 1.54) is 4.31 Å². The number of piperazine rings is 1. The van der Waals surface area contributed by atoms with Gasteiger partial charge in [0.1, 0.15) is 0 Å². The average Bonchev–Trinajstić information content (AvgIpc) is 2.36. The minimum Gasteiger partial charge on any atom is -0.339 e. The van der Waals surface area contributed by atoms with E-state index in [2.05, 4.69) is 5.32 Å². The number of carbonyl (C=O) groups excluding carboxylic acids is 1. The molecular formula is C12H25N3O3S. The van der Waals surface area contributed by atoms with E-state index in [1.807, 2.05) is 20.8 Å². The Morgan fingerprint density at radius 2 is 1.79 bits per heavy atom.